The van der Waals surface area contributed by atoms with Gasteiger partial charge in [0.2, 0.25) is 5.91 Å². The summed E-state index contributed by atoms with van der Waals surface area (Å²) in [4.78, 5) is 25.0. The molecule has 128 valence electrons. The van der Waals surface area contributed by atoms with E-state index in [-0.39, 0.29) is 18.3 Å². The lowest BCUT2D eigenvalue weighted by Crippen LogP contribution is -2.34. The standard InChI is InChI=1S/C17H24ClNO4/c1-3-16(20)19(12-10-17(21)22-4-2)11-5-13-23-15-8-6-14(18)7-9-15/h6-9H,3-5,10-13H2,1-2H3. The van der Waals surface area contributed by atoms with Gasteiger partial charge in [0.1, 0.15) is 5.75 Å². The maximum atomic E-state index is 11.9. The van der Waals surface area contributed by atoms with Crippen molar-refractivity contribution in [3.8, 4) is 5.75 Å². The summed E-state index contributed by atoms with van der Waals surface area (Å²) < 4.78 is 10.5. The minimum atomic E-state index is -0.279. The molecular formula is C17H24ClNO4. The van der Waals surface area contributed by atoms with Gasteiger partial charge in [-0.15, -0.1) is 0 Å². The lowest BCUT2D eigenvalue weighted by atomic mass is 10.3. The first-order valence-electron chi connectivity index (χ1n) is 7.88. The first-order valence-corrected chi connectivity index (χ1v) is 8.26. The summed E-state index contributed by atoms with van der Waals surface area (Å²) in [7, 11) is 0. The number of halogens is 1. The highest BCUT2D eigenvalue weighted by molar-refractivity contribution is 6.30. The molecule has 0 unspecified atom stereocenters. The lowest BCUT2D eigenvalue weighted by Gasteiger charge is -2.21. The average molecular weight is 342 g/mol. The fourth-order valence-electron chi connectivity index (χ4n) is 2.02. The van der Waals surface area contributed by atoms with E-state index in [2.05, 4.69) is 0 Å². The van der Waals surface area contributed by atoms with Crippen LogP contribution in [0.2, 0.25) is 5.02 Å². The normalized spacial score (nSPS) is 10.2. The Balaban J connectivity index is 2.34. The van der Waals surface area contributed by atoms with Crippen molar-refractivity contribution in [3.05, 3.63) is 29.3 Å². The van der Waals surface area contributed by atoms with Crippen molar-refractivity contribution in [2.75, 3.05) is 26.3 Å². The van der Waals surface area contributed by atoms with Gasteiger partial charge in [0, 0.05) is 24.5 Å². The third-order valence-corrected chi connectivity index (χ3v) is 3.45. The zero-order valence-electron chi connectivity index (χ0n) is 13.7. The molecule has 1 aromatic carbocycles. The molecule has 0 aliphatic carbocycles. The molecule has 0 aliphatic rings. The maximum absolute atomic E-state index is 11.9. The fraction of sp³-hybridized carbons (Fsp3) is 0.529. The first-order chi connectivity index (χ1) is 11.1. The van der Waals surface area contributed by atoms with Crippen molar-refractivity contribution >= 4 is 23.5 Å². The van der Waals surface area contributed by atoms with E-state index in [9.17, 15) is 9.59 Å². The Morgan fingerprint density at radius 1 is 1.13 bits per heavy atom. The average Bonchev–Trinajstić information content (AvgIpc) is 2.55. The van der Waals surface area contributed by atoms with Gasteiger partial charge in [-0.1, -0.05) is 18.5 Å². The van der Waals surface area contributed by atoms with E-state index >= 15 is 0 Å². The first kappa shape index (κ1) is 19.3. The molecule has 6 heteroatoms. The zero-order valence-corrected chi connectivity index (χ0v) is 14.5. The maximum Gasteiger partial charge on any atom is 0.307 e. The molecule has 5 nitrogen and oxygen atoms in total. The van der Waals surface area contributed by atoms with Gasteiger partial charge in [0.05, 0.1) is 19.6 Å². The molecule has 0 fully saturated rings. The highest BCUT2D eigenvalue weighted by atomic mass is 35.5. The second-order valence-electron chi connectivity index (χ2n) is 4.95. The van der Waals surface area contributed by atoms with Gasteiger partial charge in [-0.2, -0.15) is 0 Å². The Morgan fingerprint density at radius 3 is 2.43 bits per heavy atom. The van der Waals surface area contributed by atoms with Crippen LogP contribution in [0.1, 0.15) is 33.1 Å². The van der Waals surface area contributed by atoms with Crippen molar-refractivity contribution < 1.29 is 19.1 Å². The number of ether oxygens (including phenoxy) is 2. The van der Waals surface area contributed by atoms with Crippen molar-refractivity contribution in [1.82, 2.24) is 4.90 Å². The molecule has 0 radical (unpaired) electrons. The molecule has 1 rings (SSSR count). The summed E-state index contributed by atoms with van der Waals surface area (Å²) in [6.45, 7) is 5.36. The molecular weight excluding hydrogens is 318 g/mol. The SMILES string of the molecule is CCOC(=O)CCN(CCCOc1ccc(Cl)cc1)C(=O)CC. The zero-order chi connectivity index (χ0) is 17.1. The van der Waals surface area contributed by atoms with Gasteiger partial charge in [-0.05, 0) is 37.6 Å². The smallest absolute Gasteiger partial charge is 0.307 e. The predicted molar refractivity (Wildman–Crippen MR) is 89.7 cm³/mol. The van der Waals surface area contributed by atoms with Crippen LogP contribution in [0.5, 0.6) is 5.75 Å². The Labute approximate surface area is 142 Å². The lowest BCUT2D eigenvalue weighted by molar-refractivity contribution is -0.144. The number of benzene rings is 1. The summed E-state index contributed by atoms with van der Waals surface area (Å²) in [5.41, 5.74) is 0. The summed E-state index contributed by atoms with van der Waals surface area (Å²) >= 11 is 5.81. The minimum absolute atomic E-state index is 0.0285. The number of hydrogen-bond acceptors (Lipinski definition) is 4. The van der Waals surface area contributed by atoms with E-state index in [0.717, 1.165) is 5.75 Å². The Bertz CT molecular complexity index is 490. The number of rotatable bonds is 10. The van der Waals surface area contributed by atoms with Gasteiger partial charge in [-0.25, -0.2) is 0 Å². The molecule has 1 aromatic rings. The van der Waals surface area contributed by atoms with Crippen molar-refractivity contribution in [2.24, 2.45) is 0 Å². The molecule has 0 aliphatic heterocycles. The van der Waals surface area contributed by atoms with Crippen molar-refractivity contribution in [3.63, 3.8) is 0 Å². The highest BCUT2D eigenvalue weighted by Crippen LogP contribution is 2.15. The van der Waals surface area contributed by atoms with Gasteiger partial charge >= 0.3 is 5.97 Å². The Hall–Kier alpha value is -1.75. The molecule has 0 spiro atoms. The molecule has 23 heavy (non-hydrogen) atoms. The van der Waals surface area contributed by atoms with Crippen LogP contribution in [0.15, 0.2) is 24.3 Å². The van der Waals surface area contributed by atoms with Crippen LogP contribution in [0, 0.1) is 0 Å². The summed E-state index contributed by atoms with van der Waals surface area (Å²) in [5.74, 6) is 0.494. The number of carbonyl (C=O) groups is 2. The molecule has 0 atom stereocenters. The largest absolute Gasteiger partial charge is 0.494 e. The molecule has 0 aromatic heterocycles. The number of carbonyl (C=O) groups excluding carboxylic acids is 2. The fourth-order valence-corrected chi connectivity index (χ4v) is 2.15. The topological polar surface area (TPSA) is 55.8 Å². The van der Waals surface area contributed by atoms with Gasteiger partial charge in [0.15, 0.2) is 0 Å². The highest BCUT2D eigenvalue weighted by Gasteiger charge is 2.13. The summed E-state index contributed by atoms with van der Waals surface area (Å²) in [6.07, 6.45) is 1.33. The molecule has 0 bridgehead atoms. The molecule has 0 N–H and O–H groups in total. The summed E-state index contributed by atoms with van der Waals surface area (Å²) in [5, 5.41) is 0.663. The van der Waals surface area contributed by atoms with E-state index < -0.39 is 0 Å². The van der Waals surface area contributed by atoms with Gasteiger partial charge < -0.3 is 14.4 Å². The molecule has 1 amide bonds. The number of hydrogen-bond donors (Lipinski definition) is 0. The van der Waals surface area contributed by atoms with Crippen LogP contribution in [0.25, 0.3) is 0 Å². The van der Waals surface area contributed by atoms with Crippen LogP contribution in [0.4, 0.5) is 0 Å². The molecule has 0 saturated heterocycles. The van der Waals surface area contributed by atoms with E-state index in [0.29, 0.717) is 44.2 Å². The third-order valence-electron chi connectivity index (χ3n) is 3.20. The second-order valence-corrected chi connectivity index (χ2v) is 5.38. The Morgan fingerprint density at radius 2 is 1.83 bits per heavy atom. The van der Waals surface area contributed by atoms with E-state index in [1.807, 2.05) is 6.92 Å². The Kier molecular flexibility index (Phi) is 9.14. The van der Waals surface area contributed by atoms with Crippen LogP contribution in [-0.2, 0) is 14.3 Å². The van der Waals surface area contributed by atoms with Crippen molar-refractivity contribution in [1.29, 1.82) is 0 Å². The van der Waals surface area contributed by atoms with Crippen molar-refractivity contribution in [2.45, 2.75) is 33.1 Å². The van der Waals surface area contributed by atoms with E-state index in [4.69, 9.17) is 21.1 Å². The van der Waals surface area contributed by atoms with Crippen LogP contribution < -0.4 is 4.74 Å². The van der Waals surface area contributed by atoms with Crippen LogP contribution in [-0.4, -0.2) is 43.1 Å². The van der Waals surface area contributed by atoms with Crippen LogP contribution in [0.3, 0.4) is 0 Å². The monoisotopic (exact) mass is 341 g/mol. The third kappa shape index (κ3) is 7.88. The van der Waals surface area contributed by atoms with E-state index in [1.54, 1.807) is 36.1 Å². The second kappa shape index (κ2) is 10.9. The van der Waals surface area contributed by atoms with E-state index in [1.165, 1.54) is 0 Å². The van der Waals surface area contributed by atoms with Gasteiger partial charge in [-0.3, -0.25) is 9.59 Å². The van der Waals surface area contributed by atoms with Crippen LogP contribution >= 0.6 is 11.6 Å². The molecule has 0 saturated carbocycles. The molecule has 0 heterocycles. The quantitative estimate of drug-likeness (QED) is 0.484. The summed E-state index contributed by atoms with van der Waals surface area (Å²) in [6, 6.07) is 7.14. The van der Waals surface area contributed by atoms with Gasteiger partial charge in [0.25, 0.3) is 0 Å². The number of amides is 1. The number of nitrogens with zero attached hydrogens (tertiary/aromatic N) is 1. The number of esters is 1. The minimum Gasteiger partial charge on any atom is -0.494 e. The predicted octanol–water partition coefficient (Wildman–Crippen LogP) is 3.30.